The zero-order chi connectivity index (χ0) is 17.7. The minimum absolute atomic E-state index is 0.0263. The minimum Gasteiger partial charge on any atom is -0.493 e. The van der Waals surface area contributed by atoms with Crippen LogP contribution >= 0.6 is 0 Å². The summed E-state index contributed by atoms with van der Waals surface area (Å²) in [6, 6.07) is 7.66. The van der Waals surface area contributed by atoms with Crippen LogP contribution in [0.5, 0.6) is 11.5 Å². The molecule has 1 N–H and O–H groups in total. The van der Waals surface area contributed by atoms with Gasteiger partial charge in [-0.15, -0.1) is 0 Å². The van der Waals surface area contributed by atoms with Crippen molar-refractivity contribution < 1.29 is 14.3 Å². The van der Waals surface area contributed by atoms with Gasteiger partial charge in [-0.3, -0.25) is 9.78 Å². The van der Waals surface area contributed by atoms with Crippen molar-refractivity contribution >= 4 is 11.6 Å². The Labute approximate surface area is 143 Å². The van der Waals surface area contributed by atoms with Crippen molar-refractivity contribution in [1.29, 1.82) is 0 Å². The molecule has 0 saturated heterocycles. The van der Waals surface area contributed by atoms with E-state index in [1.54, 1.807) is 14.2 Å². The number of amides is 1. The molecule has 0 radical (unpaired) electrons. The molecule has 0 saturated carbocycles. The lowest BCUT2D eigenvalue weighted by molar-refractivity contribution is -0.116. The molecular weight excluding hydrogens is 304 g/mol. The molecule has 1 aromatic carbocycles. The van der Waals surface area contributed by atoms with Crippen molar-refractivity contribution in [2.24, 2.45) is 0 Å². The Morgan fingerprint density at radius 2 is 1.79 bits per heavy atom. The highest BCUT2D eigenvalue weighted by Crippen LogP contribution is 2.28. The molecule has 1 aromatic heterocycles. The molecule has 0 atom stereocenters. The van der Waals surface area contributed by atoms with Crippen molar-refractivity contribution in [3.63, 3.8) is 0 Å². The monoisotopic (exact) mass is 328 g/mol. The molecule has 1 amide bonds. The smallest absolute Gasteiger partial charge is 0.224 e. The van der Waals surface area contributed by atoms with E-state index in [0.717, 1.165) is 28.2 Å². The molecule has 5 nitrogen and oxygen atoms in total. The fraction of sp³-hybridized carbons (Fsp3) is 0.368. The number of nitrogens with one attached hydrogen (secondary N) is 1. The van der Waals surface area contributed by atoms with Crippen LogP contribution in [0.1, 0.15) is 28.9 Å². The number of hydrogen-bond donors (Lipinski definition) is 1. The molecular formula is C19H24N2O3. The number of hydrogen-bond acceptors (Lipinski definition) is 4. The van der Waals surface area contributed by atoms with E-state index in [0.29, 0.717) is 24.3 Å². The van der Waals surface area contributed by atoms with Crippen LogP contribution in [0.4, 0.5) is 5.69 Å². The number of carbonyl (C=O) groups excluding carboxylic acids is 1. The van der Waals surface area contributed by atoms with Gasteiger partial charge < -0.3 is 14.8 Å². The van der Waals surface area contributed by atoms with Gasteiger partial charge >= 0.3 is 0 Å². The molecule has 0 aliphatic rings. The molecule has 5 heteroatoms. The summed E-state index contributed by atoms with van der Waals surface area (Å²) in [5.74, 6) is 1.33. The first-order valence-corrected chi connectivity index (χ1v) is 7.90. The highest BCUT2D eigenvalue weighted by atomic mass is 16.5. The Morgan fingerprint density at radius 3 is 2.42 bits per heavy atom. The fourth-order valence-corrected chi connectivity index (χ4v) is 2.71. The number of pyridine rings is 1. The standard InChI is InChI=1S/C19H24N2O3/c1-12-10-13(2)20-14(3)19(12)21-18(22)9-7-15-6-8-16(23-4)17(11-15)24-5/h6,8,10-11H,7,9H2,1-5H3,(H,21,22). The van der Waals surface area contributed by atoms with E-state index in [-0.39, 0.29) is 5.91 Å². The second-order valence-electron chi connectivity index (χ2n) is 5.78. The molecule has 2 aromatic rings. The molecule has 2 rings (SSSR count). The van der Waals surface area contributed by atoms with Gasteiger partial charge in [-0.25, -0.2) is 0 Å². The Morgan fingerprint density at radius 1 is 1.08 bits per heavy atom. The highest BCUT2D eigenvalue weighted by Gasteiger charge is 2.10. The van der Waals surface area contributed by atoms with Gasteiger partial charge in [-0.2, -0.15) is 0 Å². The van der Waals surface area contributed by atoms with Crippen LogP contribution in [0.3, 0.4) is 0 Å². The maximum Gasteiger partial charge on any atom is 0.224 e. The number of ether oxygens (including phenoxy) is 2. The second-order valence-corrected chi connectivity index (χ2v) is 5.78. The van der Waals surface area contributed by atoms with Crippen molar-refractivity contribution in [3.05, 3.63) is 46.8 Å². The SMILES string of the molecule is COc1ccc(CCC(=O)Nc2c(C)cc(C)nc2C)cc1OC. The Kier molecular flexibility index (Phi) is 5.79. The summed E-state index contributed by atoms with van der Waals surface area (Å²) >= 11 is 0. The van der Waals surface area contributed by atoms with Gasteiger partial charge in [0.25, 0.3) is 0 Å². The van der Waals surface area contributed by atoms with E-state index < -0.39 is 0 Å². The van der Waals surface area contributed by atoms with Crippen LogP contribution in [-0.2, 0) is 11.2 Å². The second kappa shape index (κ2) is 7.81. The summed E-state index contributed by atoms with van der Waals surface area (Å²) < 4.78 is 10.5. The van der Waals surface area contributed by atoms with E-state index >= 15 is 0 Å². The van der Waals surface area contributed by atoms with Crippen molar-refractivity contribution in [2.45, 2.75) is 33.6 Å². The first kappa shape index (κ1) is 17.8. The molecule has 24 heavy (non-hydrogen) atoms. The zero-order valence-electron chi connectivity index (χ0n) is 14.9. The Balaban J connectivity index is 2.01. The van der Waals surface area contributed by atoms with Gasteiger partial charge in [-0.1, -0.05) is 6.07 Å². The van der Waals surface area contributed by atoms with Gasteiger partial charge in [0.15, 0.2) is 11.5 Å². The minimum atomic E-state index is -0.0263. The highest BCUT2D eigenvalue weighted by molar-refractivity contribution is 5.92. The van der Waals surface area contributed by atoms with Crippen LogP contribution < -0.4 is 14.8 Å². The molecule has 0 aliphatic heterocycles. The summed E-state index contributed by atoms with van der Waals surface area (Å²) in [7, 11) is 3.20. The average Bonchev–Trinajstić information content (AvgIpc) is 2.55. The summed E-state index contributed by atoms with van der Waals surface area (Å²) in [5, 5.41) is 2.97. The first-order chi connectivity index (χ1) is 11.4. The Bertz CT molecular complexity index is 718. The van der Waals surface area contributed by atoms with Gasteiger partial charge in [0.05, 0.1) is 25.6 Å². The maximum absolute atomic E-state index is 12.3. The normalized spacial score (nSPS) is 10.4. The lowest BCUT2D eigenvalue weighted by Gasteiger charge is -2.12. The number of anilines is 1. The third-order valence-electron chi connectivity index (χ3n) is 3.88. The largest absolute Gasteiger partial charge is 0.493 e. The number of aryl methyl sites for hydroxylation is 4. The van der Waals surface area contributed by atoms with E-state index in [1.165, 1.54) is 0 Å². The third-order valence-corrected chi connectivity index (χ3v) is 3.88. The van der Waals surface area contributed by atoms with E-state index in [1.807, 2.05) is 45.0 Å². The number of rotatable bonds is 6. The van der Waals surface area contributed by atoms with Crippen molar-refractivity contribution in [2.75, 3.05) is 19.5 Å². The van der Waals surface area contributed by atoms with Crippen molar-refractivity contribution in [3.8, 4) is 11.5 Å². The first-order valence-electron chi connectivity index (χ1n) is 7.90. The predicted octanol–water partition coefficient (Wildman–Crippen LogP) is 3.60. The number of benzene rings is 1. The van der Waals surface area contributed by atoms with Crippen LogP contribution in [0, 0.1) is 20.8 Å². The quantitative estimate of drug-likeness (QED) is 0.880. The van der Waals surface area contributed by atoms with Crippen LogP contribution in [-0.4, -0.2) is 25.1 Å². The number of aromatic nitrogens is 1. The lowest BCUT2D eigenvalue weighted by Crippen LogP contribution is -2.15. The van der Waals surface area contributed by atoms with Crippen LogP contribution in [0.2, 0.25) is 0 Å². The number of methoxy groups -OCH3 is 2. The van der Waals surface area contributed by atoms with Gasteiger partial charge in [0.1, 0.15) is 0 Å². The molecule has 128 valence electrons. The fourth-order valence-electron chi connectivity index (χ4n) is 2.71. The molecule has 0 fully saturated rings. The third kappa shape index (κ3) is 4.25. The zero-order valence-corrected chi connectivity index (χ0v) is 14.9. The topological polar surface area (TPSA) is 60.5 Å². The van der Waals surface area contributed by atoms with E-state index in [9.17, 15) is 4.79 Å². The predicted molar refractivity (Wildman–Crippen MR) is 94.9 cm³/mol. The molecule has 1 heterocycles. The van der Waals surface area contributed by atoms with E-state index in [2.05, 4.69) is 10.3 Å². The average molecular weight is 328 g/mol. The summed E-state index contributed by atoms with van der Waals surface area (Å²) in [6.07, 6.45) is 1.02. The van der Waals surface area contributed by atoms with Gasteiger partial charge in [0.2, 0.25) is 5.91 Å². The summed E-state index contributed by atoms with van der Waals surface area (Å²) in [5.41, 5.74) is 4.65. The number of carbonyl (C=O) groups is 1. The maximum atomic E-state index is 12.3. The Hall–Kier alpha value is -2.56. The van der Waals surface area contributed by atoms with Crippen LogP contribution in [0.15, 0.2) is 24.3 Å². The molecule has 0 spiro atoms. The lowest BCUT2D eigenvalue weighted by atomic mass is 10.1. The van der Waals surface area contributed by atoms with E-state index in [4.69, 9.17) is 9.47 Å². The molecule has 0 bridgehead atoms. The number of nitrogens with zero attached hydrogens (tertiary/aromatic N) is 1. The summed E-state index contributed by atoms with van der Waals surface area (Å²) in [6.45, 7) is 5.83. The molecule has 0 unspecified atom stereocenters. The summed E-state index contributed by atoms with van der Waals surface area (Å²) in [4.78, 5) is 16.7. The van der Waals surface area contributed by atoms with Gasteiger partial charge in [-0.05, 0) is 56.5 Å². The molecule has 0 aliphatic carbocycles. The van der Waals surface area contributed by atoms with Gasteiger partial charge in [0, 0.05) is 12.1 Å². The van der Waals surface area contributed by atoms with Crippen LogP contribution in [0.25, 0.3) is 0 Å². The van der Waals surface area contributed by atoms with Crippen molar-refractivity contribution in [1.82, 2.24) is 4.98 Å².